The summed E-state index contributed by atoms with van der Waals surface area (Å²) >= 11 is 0. The number of nitrogens with zero attached hydrogens (tertiary/aromatic N) is 4. The van der Waals surface area contributed by atoms with Gasteiger partial charge in [-0.15, -0.1) is 0 Å². The second-order valence-corrected chi connectivity index (χ2v) is 11.1. The van der Waals surface area contributed by atoms with Crippen LogP contribution in [0, 0.1) is 12.8 Å². The normalized spacial score (nSPS) is 20.0. The summed E-state index contributed by atoms with van der Waals surface area (Å²) in [5, 5.41) is 12.8. The Morgan fingerprint density at radius 2 is 1.97 bits per heavy atom. The van der Waals surface area contributed by atoms with Crippen LogP contribution in [0.2, 0.25) is 0 Å². The molecule has 36 heavy (non-hydrogen) atoms. The number of sulfonamides is 1. The Labute approximate surface area is 211 Å². The largest absolute Gasteiger partial charge is 0.497 e. The van der Waals surface area contributed by atoms with E-state index in [9.17, 15) is 13.2 Å². The molecule has 1 aromatic carbocycles. The molecule has 0 atom stereocenters. The minimum atomic E-state index is -3.17. The molecular weight excluding hydrogens is 482 g/mol. The molecule has 1 amide bonds. The Balaban J connectivity index is 1.34. The van der Waals surface area contributed by atoms with Crippen molar-refractivity contribution in [3.8, 4) is 5.75 Å². The molecule has 194 valence electrons. The van der Waals surface area contributed by atoms with Crippen molar-refractivity contribution in [2.24, 2.45) is 11.0 Å². The molecule has 2 aromatic rings. The fourth-order valence-corrected chi connectivity index (χ4v) is 5.39. The molecule has 3 N–H and O–H groups in total. The number of amidine groups is 1. The van der Waals surface area contributed by atoms with E-state index in [0.717, 1.165) is 43.5 Å². The molecule has 11 nitrogen and oxygen atoms in total. The van der Waals surface area contributed by atoms with Crippen LogP contribution in [0.3, 0.4) is 0 Å². The van der Waals surface area contributed by atoms with E-state index in [1.54, 1.807) is 20.1 Å². The average Bonchev–Trinajstić information content (AvgIpc) is 3.31. The van der Waals surface area contributed by atoms with E-state index >= 15 is 0 Å². The van der Waals surface area contributed by atoms with Crippen LogP contribution in [0.5, 0.6) is 5.75 Å². The Hall–Kier alpha value is -3.25. The standard InChI is InChI=1S/C24H33N7O4S/c1-16-27-21(12-22(28-16)24(32)25-13-18-5-4-6-20(11-18)35-2)23-26-15-31(29-23)14-17-7-9-19(10-8-17)30-36(3,33)34/h4-6,11-12,17,19,30H,7-10,13-15H2,1-3H3,(H,25,32)(H,26,29)/t17-,19-. The van der Waals surface area contributed by atoms with Crippen LogP contribution >= 0.6 is 0 Å². The number of ether oxygens (including phenoxy) is 1. The predicted octanol–water partition coefficient (Wildman–Crippen LogP) is 1.36. The third kappa shape index (κ3) is 7.14. The molecule has 1 fully saturated rings. The zero-order valence-electron chi connectivity index (χ0n) is 20.8. The van der Waals surface area contributed by atoms with E-state index in [-0.39, 0.29) is 17.6 Å². The molecule has 0 bridgehead atoms. The molecular formula is C24H33N7O4S. The summed E-state index contributed by atoms with van der Waals surface area (Å²) in [7, 11) is -1.57. The van der Waals surface area contributed by atoms with Gasteiger partial charge >= 0.3 is 0 Å². The topological polar surface area (TPSA) is 138 Å². The van der Waals surface area contributed by atoms with Gasteiger partial charge in [-0.1, -0.05) is 12.1 Å². The zero-order chi connectivity index (χ0) is 25.7. The first kappa shape index (κ1) is 25.8. The number of nitrogens with one attached hydrogen (secondary N) is 3. The number of amides is 1. The summed E-state index contributed by atoms with van der Waals surface area (Å²) in [6.07, 6.45) is 4.75. The third-order valence-electron chi connectivity index (χ3n) is 6.27. The summed E-state index contributed by atoms with van der Waals surface area (Å²) in [5.41, 5.74) is 1.77. The maximum Gasteiger partial charge on any atom is 0.270 e. The molecule has 1 aliphatic heterocycles. The van der Waals surface area contributed by atoms with E-state index in [1.807, 2.05) is 29.3 Å². The molecule has 0 unspecified atom stereocenters. The van der Waals surface area contributed by atoms with Gasteiger partial charge in [0, 0.05) is 19.1 Å². The molecule has 0 radical (unpaired) electrons. The molecule has 2 heterocycles. The second-order valence-electron chi connectivity index (χ2n) is 9.30. The summed E-state index contributed by atoms with van der Waals surface area (Å²) in [6.45, 7) is 3.43. The van der Waals surface area contributed by atoms with Crippen molar-refractivity contribution >= 4 is 21.8 Å². The average molecular weight is 516 g/mol. The number of hydrogen-bond donors (Lipinski definition) is 3. The monoisotopic (exact) mass is 515 g/mol. The van der Waals surface area contributed by atoms with Crippen LogP contribution in [0.15, 0.2) is 35.4 Å². The Morgan fingerprint density at radius 3 is 2.69 bits per heavy atom. The van der Waals surface area contributed by atoms with Gasteiger partial charge in [-0.2, -0.15) is 5.10 Å². The highest BCUT2D eigenvalue weighted by Gasteiger charge is 2.26. The first-order chi connectivity index (χ1) is 17.2. The van der Waals surface area contributed by atoms with Gasteiger partial charge in [-0.25, -0.2) is 23.1 Å². The van der Waals surface area contributed by atoms with Crippen molar-refractivity contribution < 1.29 is 17.9 Å². The minimum absolute atomic E-state index is 0.0181. The number of carbonyl (C=O) groups is 1. The van der Waals surface area contributed by atoms with Crippen LogP contribution < -0.4 is 20.1 Å². The molecule has 1 aliphatic carbocycles. The highest BCUT2D eigenvalue weighted by molar-refractivity contribution is 7.88. The van der Waals surface area contributed by atoms with E-state index in [4.69, 9.17) is 4.74 Å². The fourth-order valence-electron chi connectivity index (χ4n) is 4.55. The molecule has 1 saturated carbocycles. The van der Waals surface area contributed by atoms with E-state index in [2.05, 4.69) is 30.4 Å². The first-order valence-corrected chi connectivity index (χ1v) is 13.9. The summed E-state index contributed by atoms with van der Waals surface area (Å²) in [6, 6.07) is 9.18. The SMILES string of the molecule is COc1cccc(CNC(=O)c2cc(C3=NN(C[C@H]4CC[C@H](NS(C)(=O)=O)CC4)CN3)nc(C)n2)c1. The molecule has 0 spiro atoms. The van der Waals surface area contributed by atoms with Crippen molar-refractivity contribution in [3.05, 3.63) is 53.1 Å². The summed E-state index contributed by atoms with van der Waals surface area (Å²) < 4.78 is 30.9. The van der Waals surface area contributed by atoms with Crippen molar-refractivity contribution in [2.45, 2.75) is 45.2 Å². The zero-order valence-corrected chi connectivity index (χ0v) is 21.6. The summed E-state index contributed by atoms with van der Waals surface area (Å²) in [5.74, 6) is 1.97. The third-order valence-corrected chi connectivity index (χ3v) is 7.03. The number of aromatic nitrogens is 2. The lowest BCUT2D eigenvalue weighted by atomic mass is 9.86. The molecule has 12 heteroatoms. The Morgan fingerprint density at radius 1 is 1.19 bits per heavy atom. The van der Waals surface area contributed by atoms with Gasteiger partial charge < -0.3 is 15.4 Å². The lowest BCUT2D eigenvalue weighted by molar-refractivity contribution is 0.0945. The van der Waals surface area contributed by atoms with E-state index in [1.165, 1.54) is 6.26 Å². The number of hydrazone groups is 1. The molecule has 0 saturated heterocycles. The van der Waals surface area contributed by atoms with Crippen LogP contribution in [0.4, 0.5) is 0 Å². The number of carbonyl (C=O) groups excluding carboxylic acids is 1. The van der Waals surface area contributed by atoms with Gasteiger partial charge in [0.1, 0.15) is 29.6 Å². The van der Waals surface area contributed by atoms with Gasteiger partial charge in [0.15, 0.2) is 5.84 Å². The Kier molecular flexibility index (Phi) is 8.04. The minimum Gasteiger partial charge on any atom is -0.497 e. The van der Waals surface area contributed by atoms with E-state index in [0.29, 0.717) is 36.5 Å². The maximum atomic E-state index is 12.8. The van der Waals surface area contributed by atoms with Gasteiger partial charge in [-0.05, 0) is 62.3 Å². The van der Waals surface area contributed by atoms with Crippen molar-refractivity contribution in [1.82, 2.24) is 30.3 Å². The highest BCUT2D eigenvalue weighted by Crippen LogP contribution is 2.26. The van der Waals surface area contributed by atoms with Crippen LogP contribution in [-0.2, 0) is 16.6 Å². The van der Waals surface area contributed by atoms with E-state index < -0.39 is 10.0 Å². The fraction of sp³-hybridized carbons (Fsp3) is 0.500. The van der Waals surface area contributed by atoms with Crippen molar-refractivity contribution in [3.63, 3.8) is 0 Å². The number of methoxy groups -OCH3 is 1. The van der Waals surface area contributed by atoms with Gasteiger partial charge in [0.25, 0.3) is 5.91 Å². The lowest BCUT2D eigenvalue weighted by Gasteiger charge is -2.30. The van der Waals surface area contributed by atoms with Crippen LogP contribution in [-0.4, -0.2) is 67.8 Å². The molecule has 1 aromatic heterocycles. The Bertz CT molecular complexity index is 1230. The quantitative estimate of drug-likeness (QED) is 0.455. The highest BCUT2D eigenvalue weighted by atomic mass is 32.2. The van der Waals surface area contributed by atoms with Gasteiger partial charge in [-0.3, -0.25) is 9.80 Å². The number of hydrogen-bond acceptors (Lipinski definition) is 9. The molecule has 4 rings (SSSR count). The predicted molar refractivity (Wildman–Crippen MR) is 136 cm³/mol. The number of benzene rings is 1. The second kappa shape index (κ2) is 11.2. The lowest BCUT2D eigenvalue weighted by Crippen LogP contribution is -2.38. The number of aryl methyl sites for hydroxylation is 1. The van der Waals surface area contributed by atoms with Crippen molar-refractivity contribution in [1.29, 1.82) is 0 Å². The summed E-state index contributed by atoms with van der Waals surface area (Å²) in [4.78, 5) is 21.6. The van der Waals surface area contributed by atoms with Crippen LogP contribution in [0.25, 0.3) is 0 Å². The van der Waals surface area contributed by atoms with Crippen LogP contribution in [0.1, 0.15) is 53.3 Å². The van der Waals surface area contributed by atoms with Gasteiger partial charge in [0.2, 0.25) is 10.0 Å². The molecule has 2 aliphatic rings. The number of rotatable bonds is 9. The van der Waals surface area contributed by atoms with Crippen molar-refractivity contribution in [2.75, 3.05) is 26.6 Å². The van der Waals surface area contributed by atoms with Gasteiger partial charge in [0.05, 0.1) is 13.4 Å². The first-order valence-electron chi connectivity index (χ1n) is 12.0. The smallest absolute Gasteiger partial charge is 0.270 e. The maximum absolute atomic E-state index is 12.8.